The van der Waals surface area contributed by atoms with Gasteiger partial charge in [0.15, 0.2) is 0 Å². The molecular weight excluding hydrogens is 200 g/mol. The van der Waals surface area contributed by atoms with Crippen LogP contribution in [0.5, 0.6) is 0 Å². The van der Waals surface area contributed by atoms with Crippen molar-refractivity contribution in [2.75, 3.05) is 0 Å². The van der Waals surface area contributed by atoms with Crippen LogP contribution in [0.2, 0.25) is 0 Å². The van der Waals surface area contributed by atoms with Gasteiger partial charge in [0.2, 0.25) is 0 Å². The molecule has 0 unspecified atom stereocenters. The number of aromatic nitrogens is 2. The van der Waals surface area contributed by atoms with E-state index in [4.69, 9.17) is 0 Å². The van der Waals surface area contributed by atoms with Gasteiger partial charge in [-0.15, -0.1) is 0 Å². The highest BCUT2D eigenvalue weighted by atomic mass is 16.3. The summed E-state index contributed by atoms with van der Waals surface area (Å²) in [6.45, 7) is 0. The van der Waals surface area contributed by atoms with Crippen molar-refractivity contribution >= 4 is 0 Å². The smallest absolute Gasteiger partial charge is 0.1000 e. The summed E-state index contributed by atoms with van der Waals surface area (Å²) in [6.07, 6.45) is 7.03. The van der Waals surface area contributed by atoms with E-state index < -0.39 is 6.10 Å². The van der Waals surface area contributed by atoms with Gasteiger partial charge in [0.25, 0.3) is 0 Å². The molecule has 0 amide bonds. The molecule has 1 N–H and O–H groups in total. The topological polar surface area (TPSA) is 38.0 Å². The van der Waals surface area contributed by atoms with Gasteiger partial charge in [-0.3, -0.25) is 0 Å². The Morgan fingerprint density at radius 1 is 1.31 bits per heavy atom. The Bertz CT molecular complexity index is 478. The summed E-state index contributed by atoms with van der Waals surface area (Å²) < 4.78 is 2.00. The van der Waals surface area contributed by atoms with E-state index in [1.54, 1.807) is 12.5 Å². The van der Waals surface area contributed by atoms with E-state index in [1.807, 2.05) is 29.0 Å². The highest BCUT2D eigenvalue weighted by Gasteiger charge is 2.28. The van der Waals surface area contributed by atoms with Gasteiger partial charge in [-0.2, -0.15) is 0 Å². The third-order valence-corrected chi connectivity index (χ3v) is 3.36. The maximum absolute atomic E-state index is 10.3. The van der Waals surface area contributed by atoms with E-state index >= 15 is 0 Å². The monoisotopic (exact) mass is 214 g/mol. The van der Waals surface area contributed by atoms with Crippen LogP contribution in [0.1, 0.15) is 29.7 Å². The summed E-state index contributed by atoms with van der Waals surface area (Å²) >= 11 is 0. The molecule has 0 bridgehead atoms. The van der Waals surface area contributed by atoms with Gasteiger partial charge in [-0.1, -0.05) is 24.3 Å². The molecule has 0 fully saturated rings. The van der Waals surface area contributed by atoms with Crippen LogP contribution in [0.3, 0.4) is 0 Å². The molecule has 1 aliphatic carbocycles. The van der Waals surface area contributed by atoms with Gasteiger partial charge < -0.3 is 9.67 Å². The van der Waals surface area contributed by atoms with Crippen molar-refractivity contribution < 1.29 is 5.11 Å². The minimum atomic E-state index is -0.417. The minimum Gasteiger partial charge on any atom is -0.386 e. The standard InChI is InChI=1S/C13H14N2O/c16-13-11-4-2-1-3-10(11)5-6-12(13)15-8-7-14-9-15/h1-4,7-9,12-13,16H,5-6H2/t12-,13+/m1/s1. The Morgan fingerprint density at radius 3 is 3.00 bits per heavy atom. The molecule has 1 aliphatic rings. The Kier molecular flexibility index (Phi) is 2.26. The number of benzene rings is 1. The fourth-order valence-electron chi connectivity index (χ4n) is 2.50. The first-order chi connectivity index (χ1) is 7.86. The Morgan fingerprint density at radius 2 is 2.19 bits per heavy atom. The lowest BCUT2D eigenvalue weighted by molar-refractivity contribution is 0.0988. The number of aliphatic hydroxyl groups excluding tert-OH is 1. The summed E-state index contributed by atoms with van der Waals surface area (Å²) in [5.74, 6) is 0. The molecule has 0 aliphatic heterocycles. The fraction of sp³-hybridized carbons (Fsp3) is 0.308. The van der Waals surface area contributed by atoms with Crippen LogP contribution in [-0.4, -0.2) is 14.7 Å². The molecule has 2 aromatic rings. The van der Waals surface area contributed by atoms with Gasteiger partial charge in [-0.25, -0.2) is 4.98 Å². The van der Waals surface area contributed by atoms with Gasteiger partial charge in [0.05, 0.1) is 18.5 Å². The van der Waals surface area contributed by atoms with Crippen LogP contribution in [0.15, 0.2) is 43.0 Å². The third kappa shape index (κ3) is 1.44. The van der Waals surface area contributed by atoms with E-state index in [0.717, 1.165) is 18.4 Å². The number of aliphatic hydroxyl groups is 1. The van der Waals surface area contributed by atoms with Crippen LogP contribution in [0.25, 0.3) is 0 Å². The lowest BCUT2D eigenvalue weighted by Crippen LogP contribution is -2.23. The number of rotatable bonds is 1. The number of hydrogen-bond donors (Lipinski definition) is 1. The first-order valence-electron chi connectivity index (χ1n) is 5.59. The predicted octanol–water partition coefficient (Wildman–Crippen LogP) is 2.10. The zero-order valence-corrected chi connectivity index (χ0v) is 8.95. The normalized spacial score (nSPS) is 24.1. The van der Waals surface area contributed by atoms with Crippen molar-refractivity contribution in [3.63, 3.8) is 0 Å². The van der Waals surface area contributed by atoms with Gasteiger partial charge in [0, 0.05) is 12.4 Å². The van der Waals surface area contributed by atoms with Crippen molar-refractivity contribution in [3.05, 3.63) is 54.1 Å². The summed E-state index contributed by atoms with van der Waals surface area (Å²) in [6, 6.07) is 8.25. The molecule has 3 heteroatoms. The summed E-state index contributed by atoms with van der Waals surface area (Å²) in [7, 11) is 0. The molecule has 16 heavy (non-hydrogen) atoms. The average molecular weight is 214 g/mol. The van der Waals surface area contributed by atoms with Crippen molar-refractivity contribution in [2.45, 2.75) is 25.0 Å². The lowest BCUT2D eigenvalue weighted by atomic mass is 9.86. The van der Waals surface area contributed by atoms with E-state index in [9.17, 15) is 5.11 Å². The van der Waals surface area contributed by atoms with Crippen molar-refractivity contribution in [3.8, 4) is 0 Å². The molecule has 3 nitrogen and oxygen atoms in total. The lowest BCUT2D eigenvalue weighted by Gasteiger charge is -2.30. The highest BCUT2D eigenvalue weighted by molar-refractivity contribution is 5.32. The number of imidazole rings is 1. The molecule has 2 atom stereocenters. The number of nitrogens with zero attached hydrogens (tertiary/aromatic N) is 2. The SMILES string of the molecule is O[C@H]1c2ccccc2CC[C@H]1n1ccnc1. The molecule has 1 heterocycles. The van der Waals surface area contributed by atoms with Crippen LogP contribution in [-0.2, 0) is 6.42 Å². The van der Waals surface area contributed by atoms with Gasteiger partial charge >= 0.3 is 0 Å². The molecule has 82 valence electrons. The van der Waals surface area contributed by atoms with E-state index in [-0.39, 0.29) is 6.04 Å². The molecule has 0 saturated carbocycles. The Labute approximate surface area is 94.4 Å². The minimum absolute atomic E-state index is 0.123. The van der Waals surface area contributed by atoms with Crippen molar-refractivity contribution in [2.24, 2.45) is 0 Å². The molecule has 1 aromatic heterocycles. The molecular formula is C13H14N2O. The highest BCUT2D eigenvalue weighted by Crippen LogP contribution is 2.37. The Balaban J connectivity index is 1.98. The summed E-state index contributed by atoms with van der Waals surface area (Å²) in [4.78, 5) is 4.04. The van der Waals surface area contributed by atoms with Crippen molar-refractivity contribution in [1.29, 1.82) is 0 Å². The quantitative estimate of drug-likeness (QED) is 0.789. The predicted molar refractivity (Wildman–Crippen MR) is 61.0 cm³/mol. The first kappa shape index (κ1) is 9.60. The van der Waals surface area contributed by atoms with E-state index in [1.165, 1.54) is 5.56 Å². The zero-order valence-electron chi connectivity index (χ0n) is 8.95. The molecule has 0 radical (unpaired) electrons. The van der Waals surface area contributed by atoms with Crippen LogP contribution < -0.4 is 0 Å². The largest absolute Gasteiger partial charge is 0.386 e. The van der Waals surface area contributed by atoms with Crippen molar-refractivity contribution in [1.82, 2.24) is 9.55 Å². The first-order valence-corrected chi connectivity index (χ1v) is 5.59. The summed E-state index contributed by atoms with van der Waals surface area (Å²) in [5, 5.41) is 10.3. The maximum Gasteiger partial charge on any atom is 0.1000 e. The van der Waals surface area contributed by atoms with E-state index in [0.29, 0.717) is 0 Å². The molecule has 3 rings (SSSR count). The maximum atomic E-state index is 10.3. The summed E-state index contributed by atoms with van der Waals surface area (Å²) in [5.41, 5.74) is 2.33. The number of hydrogen-bond acceptors (Lipinski definition) is 2. The second-order valence-electron chi connectivity index (χ2n) is 4.26. The zero-order chi connectivity index (χ0) is 11.0. The second kappa shape index (κ2) is 3.76. The Hall–Kier alpha value is -1.61. The van der Waals surface area contributed by atoms with Crippen LogP contribution in [0, 0.1) is 0 Å². The fourth-order valence-corrected chi connectivity index (χ4v) is 2.50. The molecule has 0 spiro atoms. The third-order valence-electron chi connectivity index (χ3n) is 3.36. The second-order valence-corrected chi connectivity index (χ2v) is 4.26. The van der Waals surface area contributed by atoms with Crippen LogP contribution >= 0.6 is 0 Å². The molecule has 1 aromatic carbocycles. The number of fused-ring (bicyclic) bond motifs is 1. The van der Waals surface area contributed by atoms with Gasteiger partial charge in [-0.05, 0) is 24.0 Å². The average Bonchev–Trinajstić information content (AvgIpc) is 2.83. The van der Waals surface area contributed by atoms with E-state index in [2.05, 4.69) is 11.1 Å². The van der Waals surface area contributed by atoms with Gasteiger partial charge in [0.1, 0.15) is 0 Å². The number of aryl methyl sites for hydroxylation is 1. The molecule has 0 saturated heterocycles. The van der Waals surface area contributed by atoms with Crippen LogP contribution in [0.4, 0.5) is 0 Å².